The minimum absolute atomic E-state index is 0.0313. The highest BCUT2D eigenvalue weighted by Crippen LogP contribution is 2.38. The minimum Gasteiger partial charge on any atom is -0.444 e. The molecule has 1 N–H and O–H groups in total. The van der Waals surface area contributed by atoms with Crippen LogP contribution in [0.2, 0.25) is 5.02 Å². The van der Waals surface area contributed by atoms with Gasteiger partial charge < -0.3 is 24.6 Å². The highest BCUT2D eigenvalue weighted by atomic mass is 35.5. The van der Waals surface area contributed by atoms with E-state index in [1.165, 1.54) is 18.3 Å². The van der Waals surface area contributed by atoms with Crippen LogP contribution in [-0.4, -0.2) is 71.2 Å². The van der Waals surface area contributed by atoms with Gasteiger partial charge in [-0.05, 0) is 56.2 Å². The second-order valence-electron chi connectivity index (χ2n) is 12.7. The van der Waals surface area contributed by atoms with E-state index < -0.39 is 41.5 Å². The summed E-state index contributed by atoms with van der Waals surface area (Å²) in [7, 11) is 0. The summed E-state index contributed by atoms with van der Waals surface area (Å²) in [5, 5.41) is 3.46. The van der Waals surface area contributed by atoms with Crippen molar-refractivity contribution in [3.05, 3.63) is 94.8 Å². The maximum atomic E-state index is 14.1. The van der Waals surface area contributed by atoms with Crippen LogP contribution >= 0.6 is 11.6 Å². The van der Waals surface area contributed by atoms with Crippen LogP contribution in [0.1, 0.15) is 37.6 Å². The molecule has 8 nitrogen and oxygen atoms in total. The molecule has 13 heteroatoms. The molecular formula is C33H35ClF4N4O4. The molecule has 0 saturated carbocycles. The van der Waals surface area contributed by atoms with Gasteiger partial charge in [-0.3, -0.25) is 4.98 Å². The maximum Gasteiger partial charge on any atom is 0.461 e. The molecule has 0 spiro atoms. The maximum absolute atomic E-state index is 14.1. The van der Waals surface area contributed by atoms with Crippen molar-refractivity contribution in [2.24, 2.45) is 11.8 Å². The van der Waals surface area contributed by atoms with Gasteiger partial charge in [-0.15, -0.1) is 0 Å². The van der Waals surface area contributed by atoms with Crippen molar-refractivity contribution in [1.29, 1.82) is 0 Å². The lowest BCUT2D eigenvalue weighted by molar-refractivity contribution is -0.253. The summed E-state index contributed by atoms with van der Waals surface area (Å²) in [5.74, 6) is -0.450. The molecule has 0 aliphatic carbocycles. The van der Waals surface area contributed by atoms with Gasteiger partial charge in [-0.2, -0.15) is 17.6 Å². The number of aromatic nitrogens is 1. The SMILES string of the molecule is CC(C)(C)OC(=O)N1CC2CN(C(=O)N[C@@](Cc3ccccc3)(c3cccc(OC(F)(F)C(F)F)c3)c3ccc(Cl)cn3)CC2C1. The fraction of sp³-hybridized carbons (Fsp3) is 0.424. The van der Waals surface area contributed by atoms with Crippen molar-refractivity contribution in [3.8, 4) is 5.75 Å². The van der Waals surface area contributed by atoms with Crippen molar-refractivity contribution >= 4 is 23.7 Å². The Labute approximate surface area is 269 Å². The molecule has 3 aromatic rings. The lowest BCUT2D eigenvalue weighted by Crippen LogP contribution is -2.53. The Kier molecular flexibility index (Phi) is 9.40. The fourth-order valence-corrected chi connectivity index (χ4v) is 6.09. The summed E-state index contributed by atoms with van der Waals surface area (Å²) in [6, 6.07) is 17.2. The van der Waals surface area contributed by atoms with E-state index in [0.29, 0.717) is 36.9 Å². The van der Waals surface area contributed by atoms with Crippen LogP contribution in [-0.2, 0) is 16.7 Å². The first-order valence-corrected chi connectivity index (χ1v) is 15.2. The number of urea groups is 1. The van der Waals surface area contributed by atoms with Gasteiger partial charge in [0.05, 0.1) is 10.7 Å². The summed E-state index contributed by atoms with van der Waals surface area (Å²) in [5.41, 5.74) is -0.714. The second kappa shape index (κ2) is 13.0. The number of rotatable bonds is 8. The number of benzene rings is 2. The topological polar surface area (TPSA) is 84.0 Å². The summed E-state index contributed by atoms with van der Waals surface area (Å²) in [4.78, 5) is 34.6. The van der Waals surface area contributed by atoms with E-state index in [4.69, 9.17) is 16.3 Å². The second-order valence-corrected chi connectivity index (χ2v) is 13.1. The molecule has 0 bridgehead atoms. The molecule has 3 amide bonds. The predicted molar refractivity (Wildman–Crippen MR) is 163 cm³/mol. The van der Waals surface area contributed by atoms with Crippen LogP contribution < -0.4 is 10.1 Å². The van der Waals surface area contributed by atoms with Gasteiger partial charge in [0.25, 0.3) is 0 Å². The summed E-state index contributed by atoms with van der Waals surface area (Å²) < 4.78 is 63.9. The normalized spacial score (nSPS) is 19.5. The molecule has 3 heterocycles. The Morgan fingerprint density at radius 1 is 0.957 bits per heavy atom. The van der Waals surface area contributed by atoms with Crippen molar-refractivity contribution in [3.63, 3.8) is 0 Å². The van der Waals surface area contributed by atoms with E-state index in [-0.39, 0.29) is 23.8 Å². The summed E-state index contributed by atoms with van der Waals surface area (Å²) in [6.45, 7) is 7.03. The first-order valence-electron chi connectivity index (χ1n) is 14.8. The van der Waals surface area contributed by atoms with Crippen LogP contribution in [0.5, 0.6) is 5.75 Å². The van der Waals surface area contributed by atoms with Gasteiger partial charge in [0.15, 0.2) is 0 Å². The Morgan fingerprint density at radius 3 is 2.20 bits per heavy atom. The molecule has 46 heavy (non-hydrogen) atoms. The zero-order chi connectivity index (χ0) is 33.3. The lowest BCUT2D eigenvalue weighted by atomic mass is 9.80. The number of hydrogen-bond donors (Lipinski definition) is 1. The van der Waals surface area contributed by atoms with Crippen LogP contribution in [0.25, 0.3) is 0 Å². The Bertz CT molecular complexity index is 1530. The molecule has 1 aromatic heterocycles. The Morgan fingerprint density at radius 2 is 1.61 bits per heavy atom. The smallest absolute Gasteiger partial charge is 0.444 e. The summed E-state index contributed by atoms with van der Waals surface area (Å²) in [6.07, 6.45) is -7.66. The molecular weight excluding hydrogens is 628 g/mol. The lowest BCUT2D eigenvalue weighted by Gasteiger charge is -2.37. The third-order valence-corrected chi connectivity index (χ3v) is 8.28. The number of carbonyl (C=O) groups excluding carboxylic acids is 2. The molecule has 246 valence electrons. The largest absolute Gasteiger partial charge is 0.461 e. The molecule has 3 atom stereocenters. The average molecular weight is 663 g/mol. The van der Waals surface area contributed by atoms with E-state index in [1.54, 1.807) is 48.8 Å². The van der Waals surface area contributed by atoms with Crippen molar-refractivity contribution < 1.29 is 36.6 Å². The molecule has 2 saturated heterocycles. The van der Waals surface area contributed by atoms with Gasteiger partial charge in [-0.25, -0.2) is 9.59 Å². The van der Waals surface area contributed by atoms with Gasteiger partial charge in [-0.1, -0.05) is 54.1 Å². The predicted octanol–water partition coefficient (Wildman–Crippen LogP) is 6.97. The Hall–Kier alpha value is -4.06. The summed E-state index contributed by atoms with van der Waals surface area (Å²) >= 11 is 6.16. The number of likely N-dealkylation sites (tertiary alicyclic amines) is 2. The molecule has 2 fully saturated rings. The molecule has 2 aromatic carbocycles. The van der Waals surface area contributed by atoms with Crippen molar-refractivity contribution in [1.82, 2.24) is 20.1 Å². The minimum atomic E-state index is -4.73. The number of ether oxygens (including phenoxy) is 2. The Balaban J connectivity index is 1.48. The third-order valence-electron chi connectivity index (χ3n) is 8.06. The van der Waals surface area contributed by atoms with Crippen LogP contribution in [0.3, 0.4) is 0 Å². The number of carbonyl (C=O) groups is 2. The number of nitrogens with zero attached hydrogens (tertiary/aromatic N) is 3. The molecule has 5 rings (SSSR count). The zero-order valence-corrected chi connectivity index (χ0v) is 26.3. The van der Waals surface area contributed by atoms with Crippen LogP contribution in [0.15, 0.2) is 72.9 Å². The number of pyridine rings is 1. The number of alkyl halides is 4. The van der Waals surface area contributed by atoms with Gasteiger partial charge in [0.1, 0.15) is 16.9 Å². The van der Waals surface area contributed by atoms with Gasteiger partial charge >= 0.3 is 24.7 Å². The van der Waals surface area contributed by atoms with E-state index >= 15 is 0 Å². The standard InChI is InChI=1S/C33H35ClF4N4O4/c1-31(2,3)46-30(44)42-19-22-17-41(18-23(22)20-42)29(43)40-32(15-21-8-5-4-6-9-21,27-13-12-25(34)16-39-27)24-10-7-11-26(14-24)45-33(37,38)28(35)36/h4-14,16,22-23,28H,15,17-20H2,1-3H3,(H,40,43)/t22?,23?,32-/m0/s1. The monoisotopic (exact) mass is 662 g/mol. The zero-order valence-electron chi connectivity index (χ0n) is 25.6. The van der Waals surface area contributed by atoms with Crippen LogP contribution in [0.4, 0.5) is 27.2 Å². The first-order chi connectivity index (χ1) is 21.6. The number of fused-ring (bicyclic) bond motifs is 1. The average Bonchev–Trinajstić information content (AvgIpc) is 3.57. The fourth-order valence-electron chi connectivity index (χ4n) is 5.97. The molecule has 2 unspecified atom stereocenters. The van der Waals surface area contributed by atoms with Crippen molar-refractivity contribution in [2.75, 3.05) is 26.2 Å². The van der Waals surface area contributed by atoms with Gasteiger partial charge in [0, 0.05) is 50.6 Å². The molecule has 2 aliphatic heterocycles. The van der Waals surface area contributed by atoms with Crippen molar-refractivity contribution in [2.45, 2.75) is 50.9 Å². The number of halogens is 5. The quantitative estimate of drug-likeness (QED) is 0.264. The van der Waals surface area contributed by atoms with E-state index in [1.807, 2.05) is 30.3 Å². The number of amides is 3. The van der Waals surface area contributed by atoms with E-state index in [0.717, 1.165) is 11.6 Å². The van der Waals surface area contributed by atoms with Gasteiger partial charge in [0.2, 0.25) is 0 Å². The van der Waals surface area contributed by atoms with E-state index in [9.17, 15) is 27.2 Å². The first kappa shape index (κ1) is 33.3. The van der Waals surface area contributed by atoms with Crippen LogP contribution in [0, 0.1) is 11.8 Å². The number of hydrogen-bond acceptors (Lipinski definition) is 5. The highest BCUT2D eigenvalue weighted by Gasteiger charge is 2.47. The molecule has 0 radical (unpaired) electrons. The number of nitrogens with one attached hydrogen (secondary N) is 1. The third kappa shape index (κ3) is 7.49. The highest BCUT2D eigenvalue weighted by molar-refractivity contribution is 6.30. The van der Waals surface area contributed by atoms with E-state index in [2.05, 4.69) is 15.0 Å². The molecule has 2 aliphatic rings.